The summed E-state index contributed by atoms with van der Waals surface area (Å²) in [5.74, 6) is -5.46. The zero-order chi connectivity index (χ0) is 24.0. The van der Waals surface area contributed by atoms with Crippen molar-refractivity contribution < 1.29 is 39.3 Å². The highest BCUT2D eigenvalue weighted by atomic mass is 16.4. The Labute approximate surface area is 177 Å². The van der Waals surface area contributed by atoms with Gasteiger partial charge < -0.3 is 48.1 Å². The Hall–Kier alpha value is -3.46. The first kappa shape index (κ1) is 27.5. The summed E-state index contributed by atoms with van der Waals surface area (Å²) in [7, 11) is 0. The van der Waals surface area contributed by atoms with Crippen molar-refractivity contribution in [3.63, 3.8) is 0 Å². The third-order valence-electron chi connectivity index (χ3n) is 3.86. The van der Waals surface area contributed by atoms with Gasteiger partial charge in [-0.2, -0.15) is 0 Å². The number of carbonyl (C=O) groups excluding carboxylic acids is 3. The highest BCUT2D eigenvalue weighted by Crippen LogP contribution is 2.00. The third kappa shape index (κ3) is 12.7. The minimum atomic E-state index is -1.63. The zero-order valence-electron chi connectivity index (χ0n) is 16.7. The van der Waals surface area contributed by atoms with Gasteiger partial charge in [0.1, 0.15) is 12.1 Å². The molecule has 0 heterocycles. The van der Waals surface area contributed by atoms with Gasteiger partial charge in [-0.1, -0.05) is 0 Å². The zero-order valence-corrected chi connectivity index (χ0v) is 16.7. The van der Waals surface area contributed by atoms with Crippen LogP contribution < -0.4 is 32.7 Å². The van der Waals surface area contributed by atoms with Crippen molar-refractivity contribution in [3.8, 4) is 0 Å². The summed E-state index contributed by atoms with van der Waals surface area (Å²) in [4.78, 5) is 57.8. The molecule has 0 bridgehead atoms. The molecule has 31 heavy (non-hydrogen) atoms. The second kappa shape index (κ2) is 14.5. The average Bonchev–Trinajstić information content (AvgIpc) is 2.69. The fraction of sp³-hybridized carbons (Fsp3) is 0.625. The van der Waals surface area contributed by atoms with Crippen LogP contribution in [0.25, 0.3) is 0 Å². The Kier molecular flexibility index (Phi) is 12.9. The number of nitrogens with two attached hydrogens (primary N) is 2. The van der Waals surface area contributed by atoms with Crippen LogP contribution in [0, 0.1) is 5.41 Å². The van der Waals surface area contributed by atoms with E-state index in [0.29, 0.717) is 13.0 Å². The summed E-state index contributed by atoms with van der Waals surface area (Å²) in [5.41, 5.74) is 10.8. The number of nitrogens with one attached hydrogen (secondary N) is 5. The number of aliphatic carboxylic acids is 2. The minimum Gasteiger partial charge on any atom is -0.481 e. The number of hydrogen-bond acceptors (Lipinski definition) is 8. The first-order valence-corrected chi connectivity index (χ1v) is 9.24. The van der Waals surface area contributed by atoms with E-state index in [1.54, 1.807) is 0 Å². The van der Waals surface area contributed by atoms with Crippen LogP contribution in [-0.2, 0) is 24.0 Å². The fourth-order valence-electron chi connectivity index (χ4n) is 2.21. The number of aliphatic hydroxyl groups excluding tert-OH is 1. The first-order valence-electron chi connectivity index (χ1n) is 9.24. The molecular weight excluding hydrogens is 418 g/mol. The molecule has 0 aromatic rings. The van der Waals surface area contributed by atoms with Crippen LogP contribution in [-0.4, -0.2) is 88.8 Å². The molecular formula is C16H29N7O8. The van der Waals surface area contributed by atoms with E-state index in [9.17, 15) is 24.0 Å². The predicted octanol–water partition coefficient (Wildman–Crippen LogP) is -4.40. The van der Waals surface area contributed by atoms with E-state index in [2.05, 4.69) is 16.0 Å². The summed E-state index contributed by atoms with van der Waals surface area (Å²) in [6, 6.07) is -3.97. The highest BCUT2D eigenvalue weighted by molar-refractivity contribution is 5.92. The summed E-state index contributed by atoms with van der Waals surface area (Å²) in [6.45, 7) is -1.13. The fourth-order valence-corrected chi connectivity index (χ4v) is 2.21. The molecule has 0 aliphatic heterocycles. The summed E-state index contributed by atoms with van der Waals surface area (Å²) >= 11 is 0. The molecule has 0 saturated carbocycles. The molecule has 0 aromatic heterocycles. The second-order valence-corrected chi connectivity index (χ2v) is 6.44. The normalized spacial score (nSPS) is 13.2. The molecule has 0 radical (unpaired) electrons. The van der Waals surface area contributed by atoms with Gasteiger partial charge in [0, 0.05) is 13.0 Å². The largest absolute Gasteiger partial charge is 0.481 e. The molecule has 0 rings (SSSR count). The molecule has 0 aromatic carbocycles. The number of carboxylic acids is 2. The van der Waals surface area contributed by atoms with Crippen molar-refractivity contribution in [3.05, 3.63) is 0 Å². The smallest absolute Gasteiger partial charge is 0.328 e. The number of hydrogen-bond donors (Lipinski definition) is 10. The van der Waals surface area contributed by atoms with E-state index in [4.69, 9.17) is 32.2 Å². The SMILES string of the molecule is N=C(N)NCCC[C@H](N)C(=O)NCC(=O)N[C@@H](CCC(=O)O)C(=O)N[C@@H](CO)C(=O)O. The number of carboxylic acid groups (broad SMARTS) is 2. The van der Waals surface area contributed by atoms with Crippen LogP contribution in [0.2, 0.25) is 0 Å². The minimum absolute atomic E-state index is 0.218. The highest BCUT2D eigenvalue weighted by Gasteiger charge is 2.27. The Bertz CT molecular complexity index is 672. The van der Waals surface area contributed by atoms with Crippen molar-refractivity contribution in [2.75, 3.05) is 19.7 Å². The van der Waals surface area contributed by atoms with Gasteiger partial charge in [-0.3, -0.25) is 24.6 Å². The van der Waals surface area contributed by atoms with Crippen molar-refractivity contribution in [1.29, 1.82) is 5.41 Å². The van der Waals surface area contributed by atoms with Gasteiger partial charge in [-0.05, 0) is 19.3 Å². The molecule has 3 amide bonds. The molecule has 0 aliphatic rings. The maximum atomic E-state index is 12.2. The van der Waals surface area contributed by atoms with E-state index in [0.717, 1.165) is 0 Å². The lowest BCUT2D eigenvalue weighted by Gasteiger charge is -2.20. The molecule has 176 valence electrons. The van der Waals surface area contributed by atoms with E-state index in [1.807, 2.05) is 5.32 Å². The Morgan fingerprint density at radius 1 is 0.935 bits per heavy atom. The lowest BCUT2D eigenvalue weighted by atomic mass is 10.1. The predicted molar refractivity (Wildman–Crippen MR) is 106 cm³/mol. The van der Waals surface area contributed by atoms with Crippen LogP contribution >= 0.6 is 0 Å². The molecule has 15 nitrogen and oxygen atoms in total. The van der Waals surface area contributed by atoms with Gasteiger partial charge in [-0.15, -0.1) is 0 Å². The van der Waals surface area contributed by atoms with E-state index >= 15 is 0 Å². The quantitative estimate of drug-likeness (QED) is 0.0650. The lowest BCUT2D eigenvalue weighted by Crippen LogP contribution is -2.54. The Morgan fingerprint density at radius 2 is 1.58 bits per heavy atom. The van der Waals surface area contributed by atoms with Crippen LogP contribution in [0.5, 0.6) is 0 Å². The van der Waals surface area contributed by atoms with Crippen LogP contribution in [0.1, 0.15) is 25.7 Å². The molecule has 0 fully saturated rings. The standard InChI is InChI=1S/C16H29N7O8/c17-8(2-1-5-20-16(18)19)13(28)21-6-11(25)22-9(3-4-12(26)27)14(29)23-10(7-24)15(30)31/h8-10,24H,1-7,17H2,(H,21,28)(H,22,25)(H,23,29)(H,26,27)(H,30,31)(H4,18,19,20)/t8-,9-,10-/m0/s1. The number of amides is 3. The van der Waals surface area contributed by atoms with Gasteiger partial charge >= 0.3 is 11.9 Å². The Morgan fingerprint density at radius 3 is 2.10 bits per heavy atom. The molecule has 0 saturated heterocycles. The van der Waals surface area contributed by atoms with Gasteiger partial charge in [-0.25, -0.2) is 4.79 Å². The first-order chi connectivity index (χ1) is 14.5. The number of aliphatic hydroxyl groups is 1. The molecule has 0 aliphatic carbocycles. The van der Waals surface area contributed by atoms with Crippen molar-refractivity contribution >= 4 is 35.6 Å². The van der Waals surface area contributed by atoms with Gasteiger partial charge in [0.25, 0.3) is 0 Å². The Balaban J connectivity index is 4.68. The van der Waals surface area contributed by atoms with Crippen molar-refractivity contribution in [2.45, 2.75) is 43.8 Å². The van der Waals surface area contributed by atoms with Crippen LogP contribution in [0.3, 0.4) is 0 Å². The summed E-state index contributed by atoms with van der Waals surface area (Å²) < 4.78 is 0. The maximum absolute atomic E-state index is 12.2. The molecule has 3 atom stereocenters. The van der Waals surface area contributed by atoms with Crippen molar-refractivity contribution in [1.82, 2.24) is 21.3 Å². The molecule has 0 unspecified atom stereocenters. The van der Waals surface area contributed by atoms with E-state index in [1.165, 1.54) is 0 Å². The third-order valence-corrected chi connectivity index (χ3v) is 3.86. The molecule has 12 N–H and O–H groups in total. The maximum Gasteiger partial charge on any atom is 0.328 e. The van der Waals surface area contributed by atoms with Gasteiger partial charge in [0.15, 0.2) is 5.96 Å². The van der Waals surface area contributed by atoms with Crippen LogP contribution in [0.15, 0.2) is 0 Å². The number of guanidine groups is 1. The molecule has 15 heteroatoms. The molecule has 0 spiro atoms. The average molecular weight is 447 g/mol. The second-order valence-electron chi connectivity index (χ2n) is 6.44. The summed E-state index contributed by atoms with van der Waals surface area (Å²) in [5, 5.41) is 42.6. The summed E-state index contributed by atoms with van der Waals surface area (Å²) in [6.07, 6.45) is -0.162. The number of carbonyl (C=O) groups is 5. The van der Waals surface area contributed by atoms with E-state index in [-0.39, 0.29) is 18.8 Å². The number of rotatable bonds is 15. The van der Waals surface area contributed by atoms with Gasteiger partial charge in [0.05, 0.1) is 19.2 Å². The lowest BCUT2D eigenvalue weighted by molar-refractivity contribution is -0.144. The van der Waals surface area contributed by atoms with Crippen LogP contribution in [0.4, 0.5) is 0 Å². The topological polar surface area (TPSA) is 270 Å². The van der Waals surface area contributed by atoms with Gasteiger partial charge in [0.2, 0.25) is 17.7 Å². The monoisotopic (exact) mass is 447 g/mol. The van der Waals surface area contributed by atoms with Crippen molar-refractivity contribution in [2.24, 2.45) is 11.5 Å². The van der Waals surface area contributed by atoms with E-state index < -0.39 is 67.4 Å².